The van der Waals surface area contributed by atoms with Gasteiger partial charge in [-0.2, -0.15) is 0 Å². The van der Waals surface area contributed by atoms with E-state index in [0.717, 1.165) is 15.9 Å². The Balaban J connectivity index is 1.90. The first-order chi connectivity index (χ1) is 13.0. The molecule has 27 heavy (non-hydrogen) atoms. The van der Waals surface area contributed by atoms with Crippen LogP contribution in [0.15, 0.2) is 56.8 Å². The van der Waals surface area contributed by atoms with E-state index in [9.17, 15) is 9.90 Å². The molecule has 0 spiro atoms. The van der Waals surface area contributed by atoms with Crippen molar-refractivity contribution in [2.75, 3.05) is 13.2 Å². The average molecular weight is 447 g/mol. The summed E-state index contributed by atoms with van der Waals surface area (Å²) in [6.45, 7) is 4.97. The van der Waals surface area contributed by atoms with Crippen LogP contribution in [0.5, 0.6) is 11.5 Å². The lowest BCUT2D eigenvalue weighted by molar-refractivity contribution is -0.122. The predicted octanol–water partition coefficient (Wildman–Crippen LogP) is 5.18. The first-order valence-corrected chi connectivity index (χ1v) is 10.1. The smallest absolute Gasteiger partial charge is 0.266 e. The number of carbonyl (C=O) groups is 1. The fourth-order valence-electron chi connectivity index (χ4n) is 2.55. The molecule has 0 saturated carbocycles. The number of thioether (sulfide) groups is 1. The summed E-state index contributed by atoms with van der Waals surface area (Å²) in [6, 6.07) is 12.5. The monoisotopic (exact) mass is 446 g/mol. The van der Waals surface area contributed by atoms with Crippen molar-refractivity contribution in [3.05, 3.63) is 57.4 Å². The molecule has 3 rings (SSSR count). The van der Waals surface area contributed by atoms with Gasteiger partial charge in [-0.15, -0.1) is 0 Å². The molecular weight excluding hydrogens is 428 g/mol. The molecule has 1 fully saturated rings. The molecule has 1 N–H and O–H groups in total. The van der Waals surface area contributed by atoms with Gasteiger partial charge < -0.3 is 9.84 Å². The minimum absolute atomic E-state index is 0.119. The number of halogens is 1. The predicted molar refractivity (Wildman–Crippen MR) is 113 cm³/mol. The van der Waals surface area contributed by atoms with E-state index in [2.05, 4.69) is 20.9 Å². The Hall–Kier alpha value is -2.25. The lowest BCUT2D eigenvalue weighted by Gasteiger charge is -2.12. The molecule has 0 bridgehead atoms. The Morgan fingerprint density at radius 2 is 1.96 bits per heavy atom. The molecule has 1 heterocycles. The minimum Gasteiger partial charge on any atom is -0.507 e. The number of amides is 1. The van der Waals surface area contributed by atoms with Crippen molar-refractivity contribution >= 4 is 50.5 Å². The maximum Gasteiger partial charge on any atom is 0.266 e. The van der Waals surface area contributed by atoms with Gasteiger partial charge in [-0.05, 0) is 74.1 Å². The van der Waals surface area contributed by atoms with Crippen molar-refractivity contribution in [1.82, 2.24) is 4.90 Å². The number of phenols is 1. The van der Waals surface area contributed by atoms with E-state index in [1.807, 2.05) is 38.1 Å². The number of ether oxygens (including phenoxy) is 1. The lowest BCUT2D eigenvalue weighted by atomic mass is 10.2. The number of aliphatic imine (C=N–C) groups is 1. The first kappa shape index (κ1) is 19.5. The lowest BCUT2D eigenvalue weighted by Crippen LogP contribution is -2.28. The maximum atomic E-state index is 12.7. The Labute approximate surface area is 170 Å². The number of amidine groups is 1. The van der Waals surface area contributed by atoms with Crippen LogP contribution in [0.25, 0.3) is 6.08 Å². The molecule has 7 heteroatoms. The number of rotatable bonds is 5. The van der Waals surface area contributed by atoms with Crippen molar-refractivity contribution in [3.8, 4) is 11.5 Å². The van der Waals surface area contributed by atoms with E-state index in [4.69, 9.17) is 4.74 Å². The quantitative estimate of drug-likeness (QED) is 0.642. The van der Waals surface area contributed by atoms with E-state index in [0.29, 0.717) is 28.8 Å². The minimum atomic E-state index is -0.119. The summed E-state index contributed by atoms with van der Waals surface area (Å²) in [4.78, 5) is 19.5. The summed E-state index contributed by atoms with van der Waals surface area (Å²) in [7, 11) is 0. The molecule has 2 aromatic rings. The topological polar surface area (TPSA) is 62.1 Å². The average Bonchev–Trinajstić information content (AvgIpc) is 2.94. The number of nitrogens with zero attached hydrogens (tertiary/aromatic N) is 2. The number of hydrogen-bond acceptors (Lipinski definition) is 5. The summed E-state index contributed by atoms with van der Waals surface area (Å²) in [5, 5.41) is 10.7. The maximum absolute atomic E-state index is 12.7. The standard InChI is InChI=1S/C20H19BrN2O3S/c1-3-23-19(25)18(12-13-11-14(21)5-10-17(13)24)27-20(23)22-15-6-8-16(9-7-15)26-4-2/h5-12,24H,3-4H2,1-2H3/b18-12+,22-20?. The highest BCUT2D eigenvalue weighted by Gasteiger charge is 2.32. The van der Waals surface area contributed by atoms with Gasteiger partial charge >= 0.3 is 0 Å². The fraction of sp³-hybridized carbons (Fsp3) is 0.200. The summed E-state index contributed by atoms with van der Waals surface area (Å²) in [6.07, 6.45) is 1.69. The zero-order chi connectivity index (χ0) is 19.4. The fourth-order valence-corrected chi connectivity index (χ4v) is 3.98. The Bertz CT molecular complexity index is 910. The van der Waals surface area contributed by atoms with Crippen LogP contribution in [0.1, 0.15) is 19.4 Å². The second kappa shape index (κ2) is 8.63. The SMILES string of the molecule is CCOc1ccc(N=C2S/C(=C/c3cc(Br)ccc3O)C(=O)N2CC)cc1. The van der Waals surface area contributed by atoms with Crippen molar-refractivity contribution in [2.24, 2.45) is 4.99 Å². The van der Waals surface area contributed by atoms with Crippen LogP contribution in [-0.4, -0.2) is 34.2 Å². The van der Waals surface area contributed by atoms with E-state index < -0.39 is 0 Å². The number of benzene rings is 2. The highest BCUT2D eigenvalue weighted by atomic mass is 79.9. The van der Waals surface area contributed by atoms with E-state index in [1.54, 1.807) is 29.2 Å². The molecule has 1 aliphatic heterocycles. The molecule has 2 aromatic carbocycles. The number of aromatic hydroxyl groups is 1. The van der Waals surface area contributed by atoms with Gasteiger partial charge in [-0.3, -0.25) is 9.69 Å². The summed E-state index contributed by atoms with van der Waals surface area (Å²) in [5.74, 6) is 0.792. The molecule has 0 radical (unpaired) electrons. The second-order valence-corrected chi connectivity index (χ2v) is 7.61. The van der Waals surface area contributed by atoms with Gasteiger partial charge in [-0.1, -0.05) is 15.9 Å². The molecule has 0 aromatic heterocycles. The molecular formula is C20H19BrN2O3S. The van der Waals surface area contributed by atoms with Gasteiger partial charge in [0.2, 0.25) is 0 Å². The van der Waals surface area contributed by atoms with Crippen molar-refractivity contribution < 1.29 is 14.6 Å². The molecule has 1 saturated heterocycles. The third-order valence-corrected chi connectivity index (χ3v) is 5.35. The van der Waals surface area contributed by atoms with E-state index >= 15 is 0 Å². The second-order valence-electron chi connectivity index (χ2n) is 5.68. The van der Waals surface area contributed by atoms with Crippen molar-refractivity contribution in [3.63, 3.8) is 0 Å². The van der Waals surface area contributed by atoms with Crippen LogP contribution in [0, 0.1) is 0 Å². The normalized spacial score (nSPS) is 17.1. The van der Waals surface area contributed by atoms with Crippen LogP contribution >= 0.6 is 27.7 Å². The Morgan fingerprint density at radius 1 is 1.22 bits per heavy atom. The van der Waals surface area contributed by atoms with Gasteiger partial charge in [0.1, 0.15) is 11.5 Å². The van der Waals surface area contributed by atoms with Gasteiger partial charge in [0.25, 0.3) is 5.91 Å². The summed E-state index contributed by atoms with van der Waals surface area (Å²) >= 11 is 4.68. The highest BCUT2D eigenvalue weighted by molar-refractivity contribution is 9.10. The number of phenolic OH excluding ortho intramolecular Hbond substituents is 1. The van der Waals surface area contributed by atoms with Gasteiger partial charge in [0.05, 0.1) is 17.2 Å². The molecule has 1 aliphatic rings. The third-order valence-electron chi connectivity index (χ3n) is 3.85. The van der Waals surface area contributed by atoms with Crippen LogP contribution < -0.4 is 4.74 Å². The van der Waals surface area contributed by atoms with Gasteiger partial charge in [0.15, 0.2) is 5.17 Å². The van der Waals surface area contributed by atoms with Crippen LogP contribution in [0.3, 0.4) is 0 Å². The summed E-state index contributed by atoms with van der Waals surface area (Å²) in [5.41, 5.74) is 1.33. The molecule has 1 amide bonds. The van der Waals surface area contributed by atoms with E-state index in [-0.39, 0.29) is 11.7 Å². The number of hydrogen-bond donors (Lipinski definition) is 1. The zero-order valence-electron chi connectivity index (χ0n) is 15.0. The molecule has 0 unspecified atom stereocenters. The zero-order valence-corrected chi connectivity index (χ0v) is 17.4. The largest absolute Gasteiger partial charge is 0.507 e. The van der Waals surface area contributed by atoms with Crippen LogP contribution in [-0.2, 0) is 4.79 Å². The van der Waals surface area contributed by atoms with Gasteiger partial charge in [0, 0.05) is 16.6 Å². The Morgan fingerprint density at radius 3 is 2.63 bits per heavy atom. The molecule has 0 aliphatic carbocycles. The molecule has 5 nitrogen and oxygen atoms in total. The summed E-state index contributed by atoms with van der Waals surface area (Å²) < 4.78 is 6.27. The number of carbonyl (C=O) groups excluding carboxylic acids is 1. The third kappa shape index (κ3) is 4.54. The first-order valence-electron chi connectivity index (χ1n) is 8.53. The molecule has 0 atom stereocenters. The van der Waals surface area contributed by atoms with Crippen molar-refractivity contribution in [2.45, 2.75) is 13.8 Å². The van der Waals surface area contributed by atoms with Crippen LogP contribution in [0.4, 0.5) is 5.69 Å². The number of likely N-dealkylation sites (N-methyl/N-ethyl adjacent to an activating group) is 1. The van der Waals surface area contributed by atoms with Crippen LogP contribution in [0.2, 0.25) is 0 Å². The Kier molecular flexibility index (Phi) is 6.23. The van der Waals surface area contributed by atoms with Gasteiger partial charge in [-0.25, -0.2) is 4.99 Å². The highest BCUT2D eigenvalue weighted by Crippen LogP contribution is 2.36. The van der Waals surface area contributed by atoms with E-state index in [1.165, 1.54) is 11.8 Å². The van der Waals surface area contributed by atoms with Crippen molar-refractivity contribution in [1.29, 1.82) is 0 Å². The molecule has 140 valence electrons.